The van der Waals surface area contributed by atoms with Gasteiger partial charge in [-0.3, -0.25) is 9.59 Å². The lowest BCUT2D eigenvalue weighted by Gasteiger charge is -2.35. The van der Waals surface area contributed by atoms with Gasteiger partial charge in [0.25, 0.3) is 0 Å². The van der Waals surface area contributed by atoms with Crippen LogP contribution in [0.1, 0.15) is 51.4 Å². The van der Waals surface area contributed by atoms with Crippen LogP contribution in [0.25, 0.3) is 0 Å². The smallest absolute Gasteiger partial charge is 0.339 e. The average Bonchev–Trinajstić information content (AvgIpc) is 3.14. The molecule has 0 bridgehead atoms. The van der Waals surface area contributed by atoms with Crippen LogP contribution < -0.4 is 0 Å². The van der Waals surface area contributed by atoms with Crippen molar-refractivity contribution < 1.29 is 22.8 Å². The Kier molecular flexibility index (Phi) is 5.06. The summed E-state index contributed by atoms with van der Waals surface area (Å²) in [4.78, 5) is 27.3. The van der Waals surface area contributed by atoms with Crippen LogP contribution in [0.2, 0.25) is 0 Å². The summed E-state index contributed by atoms with van der Waals surface area (Å²) < 4.78 is 37.6. The van der Waals surface area contributed by atoms with Crippen molar-refractivity contribution in [2.75, 3.05) is 19.6 Å². The molecule has 2 atom stereocenters. The maximum absolute atomic E-state index is 12.8. The first kappa shape index (κ1) is 17.5. The third kappa shape index (κ3) is 3.86. The number of alkyl halides is 3. The zero-order chi connectivity index (χ0) is 17.3. The van der Waals surface area contributed by atoms with E-state index in [2.05, 4.69) is 0 Å². The van der Waals surface area contributed by atoms with E-state index in [-0.39, 0.29) is 24.9 Å². The first-order valence-electron chi connectivity index (χ1n) is 9.00. The zero-order valence-electron chi connectivity index (χ0n) is 13.9. The molecule has 0 aromatic heterocycles. The van der Waals surface area contributed by atoms with Crippen LogP contribution >= 0.6 is 0 Å². The summed E-state index contributed by atoms with van der Waals surface area (Å²) in [6, 6.07) is 0.226. The lowest BCUT2D eigenvalue weighted by molar-refractivity contribution is -0.157. The summed E-state index contributed by atoms with van der Waals surface area (Å²) in [6.45, 7) is -0.656. The van der Waals surface area contributed by atoms with Crippen molar-refractivity contribution in [2.24, 2.45) is 11.8 Å². The number of halogens is 3. The predicted molar refractivity (Wildman–Crippen MR) is 82.1 cm³/mol. The molecule has 0 radical (unpaired) electrons. The van der Waals surface area contributed by atoms with Crippen LogP contribution in [0, 0.1) is 11.8 Å². The molecule has 0 unspecified atom stereocenters. The van der Waals surface area contributed by atoms with Crippen molar-refractivity contribution >= 4 is 11.8 Å². The lowest BCUT2D eigenvalue weighted by Crippen LogP contribution is -2.44. The van der Waals surface area contributed by atoms with Crippen LogP contribution in [-0.4, -0.2) is 53.5 Å². The average molecular weight is 346 g/mol. The molecule has 0 aromatic rings. The van der Waals surface area contributed by atoms with Crippen molar-refractivity contribution in [1.29, 1.82) is 0 Å². The molecule has 0 aromatic carbocycles. The predicted octanol–water partition coefficient (Wildman–Crippen LogP) is 2.97. The number of rotatable bonds is 3. The first-order valence-corrected chi connectivity index (χ1v) is 9.00. The van der Waals surface area contributed by atoms with Crippen LogP contribution in [0.4, 0.5) is 13.2 Å². The van der Waals surface area contributed by atoms with Gasteiger partial charge >= 0.3 is 6.18 Å². The summed E-state index contributed by atoms with van der Waals surface area (Å²) in [5.74, 6) is -0.752. The monoisotopic (exact) mass is 346 g/mol. The molecule has 2 amide bonds. The maximum Gasteiger partial charge on any atom is 0.406 e. The highest BCUT2D eigenvalue weighted by atomic mass is 19.4. The van der Waals surface area contributed by atoms with Gasteiger partial charge in [0.1, 0.15) is 6.54 Å². The maximum atomic E-state index is 12.8. The molecule has 3 aliphatic rings. The Labute approximate surface area is 140 Å². The second-order valence-corrected chi connectivity index (χ2v) is 7.43. The Morgan fingerprint density at radius 3 is 2.46 bits per heavy atom. The van der Waals surface area contributed by atoms with E-state index in [0.717, 1.165) is 30.6 Å². The quantitative estimate of drug-likeness (QED) is 0.788. The largest absolute Gasteiger partial charge is 0.406 e. The standard InChI is InChI=1S/C17H25F3N2O2/c18-17(19,20)11-21-10-13(9-15(21)23)16(24)22-8-4-7-14(22)12-5-2-1-3-6-12/h12-14H,1-11H2/t13-,14+/m0/s1. The van der Waals surface area contributed by atoms with E-state index in [0.29, 0.717) is 12.5 Å². The van der Waals surface area contributed by atoms with E-state index >= 15 is 0 Å². The number of carbonyl (C=O) groups excluding carboxylic acids is 2. The molecule has 1 aliphatic carbocycles. The number of likely N-dealkylation sites (tertiary alicyclic amines) is 2. The molecule has 3 rings (SSSR count). The van der Waals surface area contributed by atoms with Gasteiger partial charge < -0.3 is 9.80 Å². The second-order valence-electron chi connectivity index (χ2n) is 7.43. The van der Waals surface area contributed by atoms with Crippen molar-refractivity contribution in [3.05, 3.63) is 0 Å². The van der Waals surface area contributed by atoms with E-state index in [1.807, 2.05) is 4.90 Å². The van der Waals surface area contributed by atoms with Crippen molar-refractivity contribution in [2.45, 2.75) is 63.6 Å². The fourth-order valence-corrected chi connectivity index (χ4v) is 4.62. The minimum absolute atomic E-state index is 0.0806. The number of hydrogen-bond acceptors (Lipinski definition) is 2. The lowest BCUT2D eigenvalue weighted by atomic mass is 9.82. The molecule has 4 nitrogen and oxygen atoms in total. The van der Waals surface area contributed by atoms with E-state index in [9.17, 15) is 22.8 Å². The molecule has 1 saturated carbocycles. The summed E-state index contributed by atoms with van der Waals surface area (Å²) in [7, 11) is 0. The summed E-state index contributed by atoms with van der Waals surface area (Å²) in [6.07, 6.45) is 3.38. The Morgan fingerprint density at radius 1 is 1.08 bits per heavy atom. The highest BCUT2D eigenvalue weighted by molar-refractivity contribution is 5.89. The molecule has 7 heteroatoms. The highest BCUT2D eigenvalue weighted by Gasteiger charge is 2.44. The van der Waals surface area contributed by atoms with E-state index in [1.54, 1.807) is 0 Å². The Bertz CT molecular complexity index is 489. The normalized spacial score (nSPS) is 29.5. The number of hydrogen-bond donors (Lipinski definition) is 0. The third-order valence-electron chi connectivity index (χ3n) is 5.71. The Balaban J connectivity index is 1.62. The molecule has 2 saturated heterocycles. The van der Waals surface area contributed by atoms with Crippen molar-refractivity contribution in [3.63, 3.8) is 0 Å². The molecule has 0 spiro atoms. The number of carbonyl (C=O) groups is 2. The molecule has 2 aliphatic heterocycles. The van der Waals surface area contributed by atoms with Gasteiger partial charge in [0, 0.05) is 25.6 Å². The van der Waals surface area contributed by atoms with Gasteiger partial charge in [-0.05, 0) is 31.6 Å². The molecule has 2 heterocycles. The summed E-state index contributed by atoms with van der Waals surface area (Å²) in [5.41, 5.74) is 0. The first-order chi connectivity index (χ1) is 11.3. The molecule has 0 N–H and O–H groups in total. The van der Waals surface area contributed by atoms with E-state index in [4.69, 9.17) is 0 Å². The fraction of sp³-hybridized carbons (Fsp3) is 0.882. The Morgan fingerprint density at radius 2 is 1.79 bits per heavy atom. The van der Waals surface area contributed by atoms with Gasteiger partial charge in [0.2, 0.25) is 11.8 Å². The van der Waals surface area contributed by atoms with Gasteiger partial charge in [0.15, 0.2) is 0 Å². The SMILES string of the molecule is O=C1C[C@H](C(=O)N2CCC[C@@H]2C2CCCCC2)CN1CC(F)(F)F. The molecule has 3 fully saturated rings. The van der Waals surface area contributed by atoms with Gasteiger partial charge in [-0.2, -0.15) is 13.2 Å². The van der Waals surface area contributed by atoms with Crippen LogP contribution in [0.3, 0.4) is 0 Å². The summed E-state index contributed by atoms with van der Waals surface area (Å²) in [5, 5.41) is 0. The number of amides is 2. The van der Waals surface area contributed by atoms with Gasteiger partial charge in [-0.15, -0.1) is 0 Å². The van der Waals surface area contributed by atoms with Crippen molar-refractivity contribution in [1.82, 2.24) is 9.80 Å². The molecular weight excluding hydrogens is 321 g/mol. The Hall–Kier alpha value is -1.27. The van der Waals surface area contributed by atoms with Gasteiger partial charge in [-0.1, -0.05) is 19.3 Å². The van der Waals surface area contributed by atoms with Crippen LogP contribution in [-0.2, 0) is 9.59 Å². The van der Waals surface area contributed by atoms with Gasteiger partial charge in [-0.25, -0.2) is 0 Å². The molecule has 24 heavy (non-hydrogen) atoms. The van der Waals surface area contributed by atoms with E-state index in [1.165, 1.54) is 19.3 Å². The minimum atomic E-state index is -4.41. The molecule has 136 valence electrons. The second kappa shape index (κ2) is 6.92. The highest BCUT2D eigenvalue weighted by Crippen LogP contribution is 2.36. The zero-order valence-corrected chi connectivity index (χ0v) is 13.9. The van der Waals surface area contributed by atoms with E-state index < -0.39 is 24.5 Å². The van der Waals surface area contributed by atoms with Gasteiger partial charge in [0.05, 0.1) is 5.92 Å². The molecular formula is C17H25F3N2O2. The fourth-order valence-electron chi connectivity index (χ4n) is 4.62. The number of nitrogens with zero attached hydrogens (tertiary/aromatic N) is 2. The van der Waals surface area contributed by atoms with Crippen LogP contribution in [0.15, 0.2) is 0 Å². The minimum Gasteiger partial charge on any atom is -0.339 e. The third-order valence-corrected chi connectivity index (χ3v) is 5.71. The van der Waals surface area contributed by atoms with Crippen LogP contribution in [0.5, 0.6) is 0 Å². The topological polar surface area (TPSA) is 40.6 Å². The summed E-state index contributed by atoms with van der Waals surface area (Å²) >= 11 is 0. The van der Waals surface area contributed by atoms with Crippen molar-refractivity contribution in [3.8, 4) is 0 Å².